The van der Waals surface area contributed by atoms with Crippen molar-refractivity contribution in [3.63, 3.8) is 0 Å². The van der Waals surface area contributed by atoms with E-state index >= 15 is 0 Å². The van der Waals surface area contributed by atoms with Gasteiger partial charge in [-0.3, -0.25) is 9.59 Å². The molecule has 0 saturated heterocycles. The van der Waals surface area contributed by atoms with Gasteiger partial charge in [0.15, 0.2) is 0 Å². The Morgan fingerprint density at radius 3 is 1.29 bits per heavy atom. The van der Waals surface area contributed by atoms with Gasteiger partial charge in [-0.05, 0) is 12.1 Å². The maximum Gasteiger partial charge on any atom is 0.237 e. The lowest BCUT2D eigenvalue weighted by Crippen LogP contribution is -2.02. The van der Waals surface area contributed by atoms with Crippen molar-refractivity contribution in [3.8, 4) is 0 Å². The van der Waals surface area contributed by atoms with E-state index in [-0.39, 0.29) is 10.2 Å². The fraction of sp³-hybridized carbons (Fsp3) is 0.364. The van der Waals surface area contributed by atoms with E-state index in [1.54, 1.807) is 12.1 Å². The van der Waals surface area contributed by atoms with Gasteiger partial charge < -0.3 is 0 Å². The minimum Gasteiger partial charge on any atom is -0.280 e. The number of hydrogen-bond donors (Lipinski definition) is 0. The van der Waals surface area contributed by atoms with Crippen molar-refractivity contribution in [1.82, 2.24) is 9.97 Å². The average molecular weight is 507 g/mol. The minimum atomic E-state index is -0.0143. The Morgan fingerprint density at radius 1 is 0.516 bits per heavy atom. The molecule has 0 atom stereocenters. The molecule has 4 bridgehead atoms. The smallest absolute Gasteiger partial charge is 0.237 e. The van der Waals surface area contributed by atoms with Crippen LogP contribution < -0.4 is 0 Å². The van der Waals surface area contributed by atoms with Gasteiger partial charge >= 0.3 is 0 Å². The molecule has 2 aromatic heterocycles. The molecule has 1 aliphatic rings. The molecular formula is C22H22N2O2S5. The molecule has 0 saturated carbocycles. The number of hydrogen-bond acceptors (Lipinski definition) is 9. The zero-order chi connectivity index (χ0) is 21.5. The van der Waals surface area contributed by atoms with Crippen molar-refractivity contribution in [3.05, 3.63) is 47.8 Å². The summed E-state index contributed by atoms with van der Waals surface area (Å²) in [6.45, 7) is 0. The zero-order valence-electron chi connectivity index (χ0n) is 16.9. The minimum absolute atomic E-state index is 0.0143. The van der Waals surface area contributed by atoms with Crippen LogP contribution in [0.2, 0.25) is 0 Å². The predicted molar refractivity (Wildman–Crippen MR) is 143 cm³/mol. The second kappa shape index (κ2) is 11.8. The molecule has 1 aliphatic heterocycles. The number of rotatable bonds is 0. The third kappa shape index (κ3) is 6.35. The highest BCUT2D eigenvalue weighted by molar-refractivity contribution is 8.15. The lowest BCUT2D eigenvalue weighted by molar-refractivity contribution is 0.107. The largest absolute Gasteiger partial charge is 0.280 e. The number of pyridine rings is 2. The van der Waals surface area contributed by atoms with Gasteiger partial charge in [0.25, 0.3) is 0 Å². The van der Waals surface area contributed by atoms with Gasteiger partial charge in [0, 0.05) is 56.8 Å². The third-order valence-electron chi connectivity index (χ3n) is 4.60. The molecule has 31 heavy (non-hydrogen) atoms. The van der Waals surface area contributed by atoms with Crippen molar-refractivity contribution < 1.29 is 9.59 Å². The van der Waals surface area contributed by atoms with Crippen LogP contribution in [0, 0.1) is 0 Å². The monoisotopic (exact) mass is 506 g/mol. The van der Waals surface area contributed by atoms with E-state index in [2.05, 4.69) is 9.97 Å². The Labute approximate surface area is 203 Å². The third-order valence-corrected chi connectivity index (χ3v) is 10.4. The lowest BCUT2D eigenvalue weighted by Gasteiger charge is -2.07. The number of carbonyl (C=O) groups excluding carboxylic acids is 2. The molecule has 3 aromatic rings. The van der Waals surface area contributed by atoms with Gasteiger partial charge in [0.2, 0.25) is 10.2 Å². The van der Waals surface area contributed by atoms with E-state index in [4.69, 9.17) is 0 Å². The summed E-state index contributed by atoms with van der Waals surface area (Å²) < 4.78 is 0. The fourth-order valence-corrected chi connectivity index (χ4v) is 8.07. The van der Waals surface area contributed by atoms with Crippen molar-refractivity contribution in [2.75, 3.05) is 46.0 Å². The van der Waals surface area contributed by atoms with Gasteiger partial charge in [-0.25, -0.2) is 9.97 Å². The maximum absolute atomic E-state index is 12.7. The summed E-state index contributed by atoms with van der Waals surface area (Å²) in [6, 6.07) is 11.4. The zero-order valence-corrected chi connectivity index (χ0v) is 21.0. The quantitative estimate of drug-likeness (QED) is 0.355. The Kier molecular flexibility index (Phi) is 8.89. The van der Waals surface area contributed by atoms with Gasteiger partial charge in [0.1, 0.15) is 11.4 Å². The van der Waals surface area contributed by atoms with Crippen LogP contribution in [0.1, 0.15) is 21.0 Å². The summed E-state index contributed by atoms with van der Waals surface area (Å²) in [5.74, 6) is 8.00. The van der Waals surface area contributed by atoms with Gasteiger partial charge in [0.05, 0.1) is 11.0 Å². The first-order chi connectivity index (χ1) is 15.2. The second-order valence-corrected chi connectivity index (χ2v) is 12.5. The molecule has 0 aliphatic carbocycles. The summed E-state index contributed by atoms with van der Waals surface area (Å²) in [6.07, 6.45) is 0. The fourth-order valence-electron chi connectivity index (χ4n) is 3.07. The van der Waals surface area contributed by atoms with Crippen LogP contribution in [0.4, 0.5) is 0 Å². The summed E-state index contributed by atoms with van der Waals surface area (Å²) >= 11 is 8.43. The van der Waals surface area contributed by atoms with E-state index in [0.717, 1.165) is 56.8 Å². The molecule has 162 valence electrons. The molecule has 4 nitrogen and oxygen atoms in total. The first-order valence-electron chi connectivity index (χ1n) is 10.0. The van der Waals surface area contributed by atoms with E-state index < -0.39 is 0 Å². The molecule has 0 fully saturated rings. The summed E-state index contributed by atoms with van der Waals surface area (Å²) in [7, 11) is 0. The standard InChI is InChI=1S/C22H22N2O2S5/c25-21-17-5-3-15-1-2-16-4-6-18(24-20(16)19(15)23-17)22(26)31-14-12-29-10-8-27-7-9-28-11-13-30-21/h1-6H,7-14H2. The Balaban J connectivity index is 1.63. The van der Waals surface area contributed by atoms with Crippen LogP contribution in [0.3, 0.4) is 0 Å². The number of benzene rings is 1. The number of fused-ring (bicyclic) bond motifs is 2. The lowest BCUT2D eigenvalue weighted by atomic mass is 10.1. The van der Waals surface area contributed by atoms with Crippen LogP contribution in [0.15, 0.2) is 36.4 Å². The van der Waals surface area contributed by atoms with Crippen LogP contribution in [-0.2, 0) is 0 Å². The first kappa shape index (κ1) is 23.3. The van der Waals surface area contributed by atoms with Gasteiger partial charge in [-0.2, -0.15) is 35.3 Å². The van der Waals surface area contributed by atoms with E-state index in [1.807, 2.05) is 59.6 Å². The topological polar surface area (TPSA) is 59.9 Å². The highest BCUT2D eigenvalue weighted by Crippen LogP contribution is 2.26. The molecule has 3 heterocycles. The molecule has 0 unspecified atom stereocenters. The molecule has 1 aromatic carbocycles. The van der Waals surface area contributed by atoms with Crippen molar-refractivity contribution in [2.24, 2.45) is 0 Å². The number of aromatic nitrogens is 2. The second-order valence-electron chi connectivity index (χ2n) is 6.71. The van der Waals surface area contributed by atoms with Gasteiger partial charge in [-0.1, -0.05) is 47.8 Å². The Hall–Kier alpha value is -0.870. The molecule has 4 rings (SSSR count). The molecule has 0 N–H and O–H groups in total. The predicted octanol–water partition coefficient (Wildman–Crippen LogP) is 5.74. The Morgan fingerprint density at radius 2 is 0.871 bits per heavy atom. The molecule has 9 heteroatoms. The normalized spacial score (nSPS) is 18.1. The molecule has 0 spiro atoms. The van der Waals surface area contributed by atoms with Crippen molar-refractivity contribution in [2.45, 2.75) is 0 Å². The summed E-state index contributed by atoms with van der Waals surface area (Å²) in [5.41, 5.74) is 2.25. The van der Waals surface area contributed by atoms with Gasteiger partial charge in [-0.15, -0.1) is 0 Å². The average Bonchev–Trinajstić information content (AvgIpc) is 2.80. The Bertz CT molecular complexity index is 1010. The molecule has 0 amide bonds. The highest BCUT2D eigenvalue weighted by Gasteiger charge is 2.14. The van der Waals surface area contributed by atoms with Crippen molar-refractivity contribution in [1.29, 1.82) is 0 Å². The van der Waals surface area contributed by atoms with Crippen molar-refractivity contribution >= 4 is 90.8 Å². The summed E-state index contributed by atoms with van der Waals surface area (Å²) in [4.78, 5) is 34.6. The molecular weight excluding hydrogens is 485 g/mol. The summed E-state index contributed by atoms with van der Waals surface area (Å²) in [5, 5.41) is 1.81. The number of carbonyl (C=O) groups is 2. The number of thioether (sulfide) groups is 5. The van der Waals surface area contributed by atoms with Crippen LogP contribution in [0.5, 0.6) is 0 Å². The van der Waals surface area contributed by atoms with E-state index in [9.17, 15) is 9.59 Å². The SMILES string of the molecule is O=C1SCCSCCSCCSCCSC(=O)c2ccc3ccc4ccc1nc4c3n2. The van der Waals surface area contributed by atoms with E-state index in [0.29, 0.717) is 22.4 Å². The maximum atomic E-state index is 12.7. The van der Waals surface area contributed by atoms with Crippen LogP contribution in [-0.4, -0.2) is 66.2 Å². The number of nitrogens with zero attached hydrogens (tertiary/aromatic N) is 2. The molecule has 0 radical (unpaired) electrons. The van der Waals surface area contributed by atoms with Crippen LogP contribution >= 0.6 is 58.8 Å². The first-order valence-corrected chi connectivity index (χ1v) is 15.4. The highest BCUT2D eigenvalue weighted by atomic mass is 32.2. The van der Waals surface area contributed by atoms with E-state index in [1.165, 1.54) is 23.5 Å². The van der Waals surface area contributed by atoms with Crippen LogP contribution in [0.25, 0.3) is 21.8 Å².